The summed E-state index contributed by atoms with van der Waals surface area (Å²) >= 11 is 0. The van der Waals surface area contributed by atoms with Crippen LogP contribution < -0.4 is 4.74 Å². The van der Waals surface area contributed by atoms with Gasteiger partial charge in [0.15, 0.2) is 0 Å². The molecular weight excluding hydrogens is 259 g/mol. The van der Waals surface area contributed by atoms with Crippen LogP contribution in [0, 0.1) is 5.92 Å². The first-order valence-electron chi connectivity index (χ1n) is 6.14. The predicted octanol–water partition coefficient (Wildman–Crippen LogP) is 2.40. The molecule has 0 spiro atoms. The lowest BCUT2D eigenvalue weighted by Gasteiger charge is -2.16. The van der Waals surface area contributed by atoms with E-state index in [0.717, 1.165) is 25.1 Å². The Bertz CT molecular complexity index is 405. The van der Waals surface area contributed by atoms with Crippen LogP contribution in [0.2, 0.25) is 0 Å². The lowest BCUT2D eigenvalue weighted by atomic mass is 10.1. The Labute approximate surface area is 109 Å². The van der Waals surface area contributed by atoms with E-state index in [0.29, 0.717) is 12.5 Å². The average molecular weight is 275 g/mol. The Balaban J connectivity index is 1.89. The van der Waals surface area contributed by atoms with Crippen LogP contribution in [0.1, 0.15) is 12.0 Å². The molecule has 19 heavy (non-hydrogen) atoms. The zero-order chi connectivity index (χ0) is 13.9. The first kappa shape index (κ1) is 14.1. The van der Waals surface area contributed by atoms with E-state index in [1.54, 1.807) is 12.1 Å². The van der Waals surface area contributed by atoms with E-state index in [4.69, 9.17) is 5.11 Å². The average Bonchev–Trinajstić information content (AvgIpc) is 2.77. The second-order valence-electron chi connectivity index (χ2n) is 4.76. The number of halogens is 3. The third kappa shape index (κ3) is 4.40. The molecule has 6 heteroatoms. The summed E-state index contributed by atoms with van der Waals surface area (Å²) in [7, 11) is 0. The lowest BCUT2D eigenvalue weighted by Crippen LogP contribution is -2.21. The molecule has 106 valence electrons. The van der Waals surface area contributed by atoms with Gasteiger partial charge in [0, 0.05) is 19.7 Å². The molecule has 0 aromatic heterocycles. The number of rotatable bonds is 4. The van der Waals surface area contributed by atoms with Crippen LogP contribution in [0.3, 0.4) is 0 Å². The van der Waals surface area contributed by atoms with Crippen molar-refractivity contribution in [3.8, 4) is 5.75 Å². The van der Waals surface area contributed by atoms with Gasteiger partial charge in [-0.3, -0.25) is 4.90 Å². The molecule has 0 bridgehead atoms. The fraction of sp³-hybridized carbons (Fsp3) is 0.538. The van der Waals surface area contributed by atoms with Crippen LogP contribution in [-0.2, 0) is 6.54 Å². The van der Waals surface area contributed by atoms with Crippen LogP contribution >= 0.6 is 0 Å². The third-order valence-corrected chi connectivity index (χ3v) is 3.19. The summed E-state index contributed by atoms with van der Waals surface area (Å²) in [5.74, 6) is 0.110. The van der Waals surface area contributed by atoms with Crippen LogP contribution in [0.25, 0.3) is 0 Å². The van der Waals surface area contributed by atoms with E-state index in [2.05, 4.69) is 9.64 Å². The molecule has 1 aliphatic rings. The van der Waals surface area contributed by atoms with Gasteiger partial charge < -0.3 is 9.84 Å². The zero-order valence-electron chi connectivity index (χ0n) is 10.4. The largest absolute Gasteiger partial charge is 0.573 e. The number of likely N-dealkylation sites (tertiary alicyclic amines) is 1. The summed E-state index contributed by atoms with van der Waals surface area (Å²) in [5, 5.41) is 9.04. The number of benzene rings is 1. The molecule has 1 saturated heterocycles. The van der Waals surface area contributed by atoms with Crippen LogP contribution in [0.15, 0.2) is 24.3 Å². The minimum atomic E-state index is -4.65. The van der Waals surface area contributed by atoms with Gasteiger partial charge in [0.1, 0.15) is 5.75 Å². The number of alkyl halides is 3. The molecule has 1 aromatic carbocycles. The van der Waals surface area contributed by atoms with Gasteiger partial charge in [-0.15, -0.1) is 13.2 Å². The zero-order valence-corrected chi connectivity index (χ0v) is 10.4. The van der Waals surface area contributed by atoms with E-state index in [1.165, 1.54) is 12.1 Å². The monoisotopic (exact) mass is 275 g/mol. The van der Waals surface area contributed by atoms with Crippen molar-refractivity contribution in [3.63, 3.8) is 0 Å². The highest BCUT2D eigenvalue weighted by Crippen LogP contribution is 2.24. The van der Waals surface area contributed by atoms with Gasteiger partial charge in [0.25, 0.3) is 0 Å². The number of aliphatic hydroxyl groups excluding tert-OH is 1. The van der Waals surface area contributed by atoms with Crippen molar-refractivity contribution >= 4 is 0 Å². The maximum atomic E-state index is 12.0. The van der Waals surface area contributed by atoms with E-state index in [1.807, 2.05) is 0 Å². The standard InChI is InChI=1S/C13H16F3NO2/c14-13(15,16)19-12-3-1-10(2-4-12)7-17-6-5-11(8-17)9-18/h1-4,11,18H,5-9H2. The second-order valence-corrected chi connectivity index (χ2v) is 4.76. The summed E-state index contributed by atoms with van der Waals surface area (Å²) in [4.78, 5) is 2.18. The fourth-order valence-electron chi connectivity index (χ4n) is 2.26. The molecule has 1 heterocycles. The van der Waals surface area contributed by atoms with Crippen molar-refractivity contribution in [1.82, 2.24) is 4.90 Å². The number of hydrogen-bond acceptors (Lipinski definition) is 3. The first-order chi connectivity index (χ1) is 8.96. The molecule has 1 unspecified atom stereocenters. The summed E-state index contributed by atoms with van der Waals surface area (Å²) in [6.45, 7) is 2.61. The van der Waals surface area contributed by atoms with Gasteiger partial charge in [0.05, 0.1) is 0 Å². The highest BCUT2D eigenvalue weighted by molar-refractivity contribution is 5.27. The molecular formula is C13H16F3NO2. The SMILES string of the molecule is OCC1CCN(Cc2ccc(OC(F)(F)F)cc2)C1. The fourth-order valence-corrected chi connectivity index (χ4v) is 2.26. The van der Waals surface area contributed by atoms with Crippen molar-refractivity contribution in [1.29, 1.82) is 0 Å². The minimum absolute atomic E-state index is 0.189. The molecule has 0 aliphatic carbocycles. The van der Waals surface area contributed by atoms with Crippen molar-refractivity contribution < 1.29 is 23.0 Å². The highest BCUT2D eigenvalue weighted by atomic mass is 19.4. The molecule has 1 atom stereocenters. The Hall–Kier alpha value is -1.27. The van der Waals surface area contributed by atoms with Gasteiger partial charge >= 0.3 is 6.36 Å². The van der Waals surface area contributed by atoms with Crippen molar-refractivity contribution in [2.45, 2.75) is 19.3 Å². The summed E-state index contributed by atoms with van der Waals surface area (Å²) in [6.07, 6.45) is -3.68. The Morgan fingerprint density at radius 3 is 2.47 bits per heavy atom. The highest BCUT2D eigenvalue weighted by Gasteiger charge is 2.31. The Morgan fingerprint density at radius 1 is 1.26 bits per heavy atom. The minimum Gasteiger partial charge on any atom is -0.406 e. The Kier molecular flexibility index (Phi) is 4.31. The van der Waals surface area contributed by atoms with E-state index >= 15 is 0 Å². The molecule has 1 fully saturated rings. The summed E-state index contributed by atoms with van der Waals surface area (Å²) < 4.78 is 39.8. The smallest absolute Gasteiger partial charge is 0.406 e. The second kappa shape index (κ2) is 5.79. The summed E-state index contributed by atoms with van der Waals surface area (Å²) in [5.41, 5.74) is 0.938. The lowest BCUT2D eigenvalue weighted by molar-refractivity contribution is -0.274. The molecule has 0 amide bonds. The number of hydrogen-bond donors (Lipinski definition) is 1. The molecule has 1 aliphatic heterocycles. The van der Waals surface area contributed by atoms with Gasteiger partial charge in [0.2, 0.25) is 0 Å². The van der Waals surface area contributed by atoms with E-state index in [9.17, 15) is 13.2 Å². The molecule has 2 rings (SSSR count). The predicted molar refractivity (Wildman–Crippen MR) is 63.6 cm³/mol. The normalized spacial score (nSPS) is 20.7. The van der Waals surface area contributed by atoms with Gasteiger partial charge in [-0.25, -0.2) is 0 Å². The van der Waals surface area contributed by atoms with E-state index in [-0.39, 0.29) is 12.4 Å². The molecule has 1 aromatic rings. The topological polar surface area (TPSA) is 32.7 Å². The quantitative estimate of drug-likeness (QED) is 0.916. The van der Waals surface area contributed by atoms with Crippen LogP contribution in [-0.4, -0.2) is 36.1 Å². The maximum Gasteiger partial charge on any atom is 0.573 e. The van der Waals surface area contributed by atoms with Crippen LogP contribution in [0.5, 0.6) is 5.75 Å². The molecule has 0 saturated carbocycles. The maximum absolute atomic E-state index is 12.0. The summed E-state index contributed by atoms with van der Waals surface area (Å²) in [6, 6.07) is 5.91. The third-order valence-electron chi connectivity index (χ3n) is 3.19. The molecule has 3 nitrogen and oxygen atoms in total. The van der Waals surface area contributed by atoms with Gasteiger partial charge in [-0.05, 0) is 36.6 Å². The number of aliphatic hydroxyl groups is 1. The first-order valence-corrected chi connectivity index (χ1v) is 6.14. The molecule has 1 N–H and O–H groups in total. The van der Waals surface area contributed by atoms with Crippen molar-refractivity contribution in [2.75, 3.05) is 19.7 Å². The molecule has 0 radical (unpaired) electrons. The van der Waals surface area contributed by atoms with Gasteiger partial charge in [-0.2, -0.15) is 0 Å². The number of nitrogens with zero attached hydrogens (tertiary/aromatic N) is 1. The van der Waals surface area contributed by atoms with E-state index < -0.39 is 6.36 Å². The van der Waals surface area contributed by atoms with Crippen molar-refractivity contribution in [2.24, 2.45) is 5.92 Å². The Morgan fingerprint density at radius 2 is 1.95 bits per heavy atom. The number of ether oxygens (including phenoxy) is 1. The van der Waals surface area contributed by atoms with Crippen molar-refractivity contribution in [3.05, 3.63) is 29.8 Å². The van der Waals surface area contributed by atoms with Gasteiger partial charge in [-0.1, -0.05) is 12.1 Å². The van der Waals surface area contributed by atoms with Crippen LogP contribution in [0.4, 0.5) is 13.2 Å².